The number of aromatic nitrogens is 2. The molecule has 0 aliphatic carbocycles. The van der Waals surface area contributed by atoms with Crippen molar-refractivity contribution in [1.29, 1.82) is 0 Å². The molecule has 1 unspecified atom stereocenters. The molecule has 0 amide bonds. The van der Waals surface area contributed by atoms with Crippen molar-refractivity contribution in [3.63, 3.8) is 0 Å². The van der Waals surface area contributed by atoms with Crippen molar-refractivity contribution in [2.24, 2.45) is 0 Å². The lowest BCUT2D eigenvalue weighted by Crippen LogP contribution is -2.14. The number of nitrogens with zero attached hydrogens (tertiary/aromatic N) is 2. The van der Waals surface area contributed by atoms with Crippen LogP contribution in [0.25, 0.3) is 0 Å². The van der Waals surface area contributed by atoms with E-state index in [1.807, 2.05) is 23.9 Å². The van der Waals surface area contributed by atoms with Gasteiger partial charge in [-0.3, -0.25) is 9.48 Å². The first-order valence-corrected chi connectivity index (χ1v) is 6.69. The second kappa shape index (κ2) is 7.31. The van der Waals surface area contributed by atoms with Crippen molar-refractivity contribution in [3.8, 4) is 0 Å². The zero-order valence-electron chi connectivity index (χ0n) is 11.8. The lowest BCUT2D eigenvalue weighted by molar-refractivity contribution is -0.120. The molecule has 102 valence electrons. The minimum Gasteiger partial charge on any atom is -0.381 e. The summed E-state index contributed by atoms with van der Waals surface area (Å²) in [5.74, 6) is 0.180. The Morgan fingerprint density at radius 3 is 2.67 bits per heavy atom. The van der Waals surface area contributed by atoms with Crippen LogP contribution in [0.1, 0.15) is 51.8 Å². The minimum atomic E-state index is -0.0152. The number of Topliss-reactive ketones (excluding diaryl/α,β-unsaturated/α-hetero) is 1. The Morgan fingerprint density at radius 2 is 2.11 bits per heavy atom. The van der Waals surface area contributed by atoms with Crippen LogP contribution in [0.3, 0.4) is 0 Å². The average molecular weight is 252 g/mol. The number of hydrogen-bond donors (Lipinski definition) is 0. The molecule has 1 heterocycles. The fraction of sp³-hybridized carbons (Fsp3) is 0.714. The van der Waals surface area contributed by atoms with E-state index in [4.69, 9.17) is 4.74 Å². The molecule has 0 spiro atoms. The van der Waals surface area contributed by atoms with Gasteiger partial charge in [-0.25, -0.2) is 0 Å². The summed E-state index contributed by atoms with van der Waals surface area (Å²) in [5.41, 5.74) is 0.857. The van der Waals surface area contributed by atoms with Crippen LogP contribution in [-0.2, 0) is 16.0 Å². The summed E-state index contributed by atoms with van der Waals surface area (Å²) in [4.78, 5) is 11.8. The molecule has 4 nitrogen and oxygen atoms in total. The third kappa shape index (κ3) is 4.26. The van der Waals surface area contributed by atoms with Crippen LogP contribution in [0.2, 0.25) is 0 Å². The summed E-state index contributed by atoms with van der Waals surface area (Å²) in [7, 11) is 1.62. The Bertz CT molecular complexity index is 370. The maximum absolute atomic E-state index is 11.8. The van der Waals surface area contributed by atoms with E-state index in [1.54, 1.807) is 7.11 Å². The van der Waals surface area contributed by atoms with Gasteiger partial charge in [0, 0.05) is 19.7 Å². The van der Waals surface area contributed by atoms with Gasteiger partial charge in [0.1, 0.15) is 5.78 Å². The van der Waals surface area contributed by atoms with Crippen molar-refractivity contribution < 1.29 is 9.53 Å². The standard InChI is InChI=1S/C14H24N2O2/c1-5-13(6-2)16-8-7-12(15-16)10-14(17)9-11(3)18-4/h7-8,11,13H,5-6,9-10H2,1-4H3. The van der Waals surface area contributed by atoms with Crippen LogP contribution < -0.4 is 0 Å². The van der Waals surface area contributed by atoms with E-state index < -0.39 is 0 Å². The van der Waals surface area contributed by atoms with E-state index in [0.29, 0.717) is 18.9 Å². The Morgan fingerprint density at radius 1 is 1.44 bits per heavy atom. The Balaban J connectivity index is 2.56. The predicted octanol–water partition coefficient (Wildman–Crippen LogP) is 2.78. The molecule has 0 saturated heterocycles. The van der Waals surface area contributed by atoms with Crippen molar-refractivity contribution in [2.75, 3.05) is 7.11 Å². The topological polar surface area (TPSA) is 44.1 Å². The Labute approximate surface area is 109 Å². The van der Waals surface area contributed by atoms with E-state index in [2.05, 4.69) is 18.9 Å². The summed E-state index contributed by atoms with van der Waals surface area (Å²) in [6.45, 7) is 6.21. The molecule has 0 aliphatic heterocycles. The molecular formula is C14H24N2O2. The molecule has 1 aromatic heterocycles. The van der Waals surface area contributed by atoms with Crippen molar-refractivity contribution in [1.82, 2.24) is 9.78 Å². The van der Waals surface area contributed by atoms with Gasteiger partial charge in [0.25, 0.3) is 0 Å². The highest BCUT2D eigenvalue weighted by Crippen LogP contribution is 2.15. The van der Waals surface area contributed by atoms with Crippen LogP contribution in [0, 0.1) is 0 Å². The first-order valence-electron chi connectivity index (χ1n) is 6.69. The maximum atomic E-state index is 11.8. The van der Waals surface area contributed by atoms with Crippen molar-refractivity contribution in [3.05, 3.63) is 18.0 Å². The molecule has 0 saturated carbocycles. The lowest BCUT2D eigenvalue weighted by atomic mass is 10.1. The molecule has 0 radical (unpaired) electrons. The van der Waals surface area contributed by atoms with Crippen LogP contribution in [0.5, 0.6) is 0 Å². The third-order valence-electron chi connectivity index (χ3n) is 3.28. The number of hydrogen-bond acceptors (Lipinski definition) is 3. The summed E-state index contributed by atoms with van der Waals surface area (Å²) in [5, 5.41) is 4.48. The molecule has 1 rings (SSSR count). The SMILES string of the molecule is CCC(CC)n1ccc(CC(=O)CC(C)OC)n1. The first-order chi connectivity index (χ1) is 8.60. The molecule has 0 N–H and O–H groups in total. The number of rotatable bonds is 8. The van der Waals surface area contributed by atoms with Gasteiger partial charge in [-0.15, -0.1) is 0 Å². The van der Waals surface area contributed by atoms with E-state index >= 15 is 0 Å². The fourth-order valence-electron chi connectivity index (χ4n) is 2.02. The summed E-state index contributed by atoms with van der Waals surface area (Å²) < 4.78 is 7.06. The van der Waals surface area contributed by atoms with Crippen molar-refractivity contribution in [2.45, 2.75) is 58.6 Å². The number of carbonyl (C=O) groups is 1. The monoisotopic (exact) mass is 252 g/mol. The van der Waals surface area contributed by atoms with Gasteiger partial charge in [-0.05, 0) is 25.8 Å². The molecule has 1 aromatic rings. The average Bonchev–Trinajstić information content (AvgIpc) is 2.78. The van der Waals surface area contributed by atoms with Crippen LogP contribution >= 0.6 is 0 Å². The van der Waals surface area contributed by atoms with E-state index in [-0.39, 0.29) is 11.9 Å². The molecule has 0 aliphatic rings. The smallest absolute Gasteiger partial charge is 0.141 e. The van der Waals surface area contributed by atoms with Crippen LogP contribution in [0.15, 0.2) is 12.3 Å². The molecule has 18 heavy (non-hydrogen) atoms. The van der Waals surface area contributed by atoms with Crippen LogP contribution in [0.4, 0.5) is 0 Å². The summed E-state index contributed by atoms with van der Waals surface area (Å²) >= 11 is 0. The molecule has 0 fully saturated rings. The van der Waals surface area contributed by atoms with Gasteiger partial charge >= 0.3 is 0 Å². The minimum absolute atomic E-state index is 0.0152. The van der Waals surface area contributed by atoms with E-state index in [1.165, 1.54) is 0 Å². The normalized spacial score (nSPS) is 12.9. The lowest BCUT2D eigenvalue weighted by Gasteiger charge is -2.12. The van der Waals surface area contributed by atoms with Gasteiger partial charge in [-0.2, -0.15) is 5.10 Å². The second-order valence-corrected chi connectivity index (χ2v) is 4.72. The predicted molar refractivity (Wildman–Crippen MR) is 71.6 cm³/mol. The molecular weight excluding hydrogens is 228 g/mol. The van der Waals surface area contributed by atoms with Gasteiger partial charge < -0.3 is 4.74 Å². The highest BCUT2D eigenvalue weighted by Gasteiger charge is 2.12. The van der Waals surface area contributed by atoms with Crippen LogP contribution in [-0.4, -0.2) is 28.8 Å². The summed E-state index contributed by atoms with van der Waals surface area (Å²) in [6, 6.07) is 2.37. The van der Waals surface area contributed by atoms with Gasteiger partial charge in [0.05, 0.1) is 24.3 Å². The van der Waals surface area contributed by atoms with Crippen molar-refractivity contribution >= 4 is 5.78 Å². The molecule has 0 bridgehead atoms. The largest absolute Gasteiger partial charge is 0.381 e. The first kappa shape index (κ1) is 14.9. The highest BCUT2D eigenvalue weighted by molar-refractivity contribution is 5.80. The van der Waals surface area contributed by atoms with Gasteiger partial charge in [0.2, 0.25) is 0 Å². The number of ketones is 1. The summed E-state index contributed by atoms with van der Waals surface area (Å²) in [6.07, 6.45) is 4.94. The maximum Gasteiger partial charge on any atom is 0.141 e. The molecule has 1 atom stereocenters. The highest BCUT2D eigenvalue weighted by atomic mass is 16.5. The molecule has 4 heteroatoms. The molecule has 0 aromatic carbocycles. The van der Waals surface area contributed by atoms with Gasteiger partial charge in [0.15, 0.2) is 0 Å². The Kier molecular flexibility index (Phi) is 6.05. The Hall–Kier alpha value is -1.16. The zero-order chi connectivity index (χ0) is 13.5. The third-order valence-corrected chi connectivity index (χ3v) is 3.28. The van der Waals surface area contributed by atoms with E-state index in [9.17, 15) is 4.79 Å². The van der Waals surface area contributed by atoms with Gasteiger partial charge in [-0.1, -0.05) is 13.8 Å². The number of methoxy groups -OCH3 is 1. The fourth-order valence-corrected chi connectivity index (χ4v) is 2.02. The zero-order valence-corrected chi connectivity index (χ0v) is 11.8. The van der Waals surface area contributed by atoms with E-state index in [0.717, 1.165) is 18.5 Å². The second-order valence-electron chi connectivity index (χ2n) is 4.72. The number of ether oxygens (including phenoxy) is 1. The number of carbonyl (C=O) groups excluding carboxylic acids is 1. The quantitative estimate of drug-likeness (QED) is 0.714.